The first kappa shape index (κ1) is 33.8. The van der Waals surface area contributed by atoms with Crippen molar-refractivity contribution in [3.63, 3.8) is 0 Å². The molecule has 13 heteroatoms. The summed E-state index contributed by atoms with van der Waals surface area (Å²) in [5.74, 6) is -4.47. The fraction of sp³-hybridized carbons (Fsp3) is 0.323. The minimum absolute atomic E-state index is 0.0506. The van der Waals surface area contributed by atoms with Crippen molar-refractivity contribution in [2.75, 3.05) is 6.61 Å². The molecule has 3 rings (SSSR count). The molecule has 0 aliphatic rings. The van der Waals surface area contributed by atoms with Gasteiger partial charge in [-0.1, -0.05) is 74.0 Å². The van der Waals surface area contributed by atoms with Crippen LogP contribution in [0.3, 0.4) is 0 Å². The van der Waals surface area contributed by atoms with Crippen LogP contribution in [0.15, 0.2) is 78.9 Å². The van der Waals surface area contributed by atoms with E-state index in [-0.39, 0.29) is 19.6 Å². The van der Waals surface area contributed by atoms with E-state index in [9.17, 15) is 37.1 Å². The zero-order valence-corrected chi connectivity index (χ0v) is 23.7. The van der Waals surface area contributed by atoms with Gasteiger partial charge >= 0.3 is 18.4 Å². The fourth-order valence-electron chi connectivity index (χ4n) is 4.06. The van der Waals surface area contributed by atoms with Crippen molar-refractivity contribution in [3.05, 3.63) is 101 Å². The smallest absolute Gasteiger partial charge is 0.464 e. The highest BCUT2D eigenvalue weighted by Gasteiger charge is 2.35. The number of amides is 2. The van der Waals surface area contributed by atoms with Crippen molar-refractivity contribution < 1.29 is 51.3 Å². The maximum absolute atomic E-state index is 14.3. The van der Waals surface area contributed by atoms with Crippen LogP contribution in [0.4, 0.5) is 22.4 Å². The Morgan fingerprint density at radius 2 is 1.52 bits per heavy atom. The van der Waals surface area contributed by atoms with Gasteiger partial charge in [0.15, 0.2) is 12.1 Å². The topological polar surface area (TPSA) is 123 Å². The van der Waals surface area contributed by atoms with Crippen molar-refractivity contribution in [2.24, 2.45) is 0 Å². The molecule has 3 N–H and O–H groups in total. The number of esters is 1. The Morgan fingerprint density at radius 1 is 0.886 bits per heavy atom. The minimum atomic E-state index is -5.16. The second kappa shape index (κ2) is 16.3. The van der Waals surface area contributed by atoms with Crippen molar-refractivity contribution >= 4 is 18.0 Å². The van der Waals surface area contributed by atoms with Gasteiger partial charge in [0.1, 0.15) is 18.2 Å². The molecule has 2 amide bonds. The summed E-state index contributed by atoms with van der Waals surface area (Å²) in [6.07, 6.45) is -7.08. The summed E-state index contributed by atoms with van der Waals surface area (Å²) in [6.45, 7) is 1.64. The summed E-state index contributed by atoms with van der Waals surface area (Å²) in [5, 5.41) is 15.7. The number of rotatable bonds is 14. The maximum atomic E-state index is 14.3. The Labute approximate surface area is 251 Å². The van der Waals surface area contributed by atoms with E-state index in [4.69, 9.17) is 9.47 Å². The first-order valence-electron chi connectivity index (χ1n) is 13.7. The highest BCUT2D eigenvalue weighted by molar-refractivity contribution is 5.88. The van der Waals surface area contributed by atoms with Crippen molar-refractivity contribution in [1.82, 2.24) is 10.6 Å². The normalized spacial score (nSPS) is 13.2. The van der Waals surface area contributed by atoms with Gasteiger partial charge in [-0.2, -0.15) is 0 Å². The number of halogens is 4. The van der Waals surface area contributed by atoms with Crippen molar-refractivity contribution in [2.45, 2.75) is 57.3 Å². The summed E-state index contributed by atoms with van der Waals surface area (Å²) >= 11 is 0. The quantitative estimate of drug-likeness (QED) is 0.130. The number of aliphatic hydroxyl groups is 1. The molecule has 44 heavy (non-hydrogen) atoms. The molecule has 0 unspecified atom stereocenters. The van der Waals surface area contributed by atoms with Crippen molar-refractivity contribution in [1.29, 1.82) is 0 Å². The largest absolute Gasteiger partial charge is 0.573 e. The Hall–Kier alpha value is -4.65. The van der Waals surface area contributed by atoms with Gasteiger partial charge in [-0.25, -0.2) is 14.0 Å². The Bertz CT molecular complexity index is 1370. The molecule has 0 fully saturated rings. The second-order valence-corrected chi connectivity index (χ2v) is 9.68. The van der Waals surface area contributed by atoms with Gasteiger partial charge in [0.25, 0.3) is 5.91 Å². The third-order valence-electron chi connectivity index (χ3n) is 6.19. The number of aliphatic hydroxyl groups excluding tert-OH is 1. The maximum Gasteiger partial charge on any atom is 0.573 e. The van der Waals surface area contributed by atoms with E-state index in [0.29, 0.717) is 30.0 Å². The van der Waals surface area contributed by atoms with E-state index in [2.05, 4.69) is 15.4 Å². The Morgan fingerprint density at radius 3 is 2.14 bits per heavy atom. The average Bonchev–Trinajstić information content (AvgIpc) is 2.98. The van der Waals surface area contributed by atoms with E-state index in [1.165, 1.54) is 0 Å². The molecule has 9 nitrogen and oxygen atoms in total. The number of benzene rings is 3. The lowest BCUT2D eigenvalue weighted by Gasteiger charge is -2.26. The van der Waals surface area contributed by atoms with Crippen LogP contribution in [-0.2, 0) is 32.1 Å². The number of unbranched alkanes of at least 4 members (excludes halogenated alkanes) is 1. The molecule has 0 aliphatic heterocycles. The van der Waals surface area contributed by atoms with E-state index in [0.717, 1.165) is 12.1 Å². The first-order chi connectivity index (χ1) is 20.9. The van der Waals surface area contributed by atoms with E-state index < -0.39 is 59.6 Å². The van der Waals surface area contributed by atoms with Crippen LogP contribution in [0, 0.1) is 5.82 Å². The Kier molecular flexibility index (Phi) is 12.5. The highest BCUT2D eigenvalue weighted by Crippen LogP contribution is 2.28. The van der Waals surface area contributed by atoms with Crippen LogP contribution >= 0.6 is 0 Å². The molecule has 3 aromatic carbocycles. The van der Waals surface area contributed by atoms with Crippen LogP contribution in [0.2, 0.25) is 0 Å². The highest BCUT2D eigenvalue weighted by atomic mass is 19.4. The summed E-state index contributed by atoms with van der Waals surface area (Å²) in [7, 11) is 0. The van der Waals surface area contributed by atoms with Gasteiger partial charge in [0, 0.05) is 6.07 Å². The third kappa shape index (κ3) is 11.2. The van der Waals surface area contributed by atoms with Crippen LogP contribution in [0.5, 0.6) is 5.75 Å². The van der Waals surface area contributed by atoms with Crippen LogP contribution in [0.1, 0.15) is 42.5 Å². The lowest BCUT2D eigenvalue weighted by Crippen LogP contribution is -2.53. The minimum Gasteiger partial charge on any atom is -0.464 e. The number of hydrogen-bond acceptors (Lipinski definition) is 7. The number of carbonyl (C=O) groups excluding carboxylic acids is 3. The molecule has 0 radical (unpaired) electrons. The molecule has 0 bridgehead atoms. The van der Waals surface area contributed by atoms with Gasteiger partial charge in [-0.15, -0.1) is 13.2 Å². The van der Waals surface area contributed by atoms with Gasteiger partial charge in [0.05, 0.1) is 12.6 Å². The molecule has 0 aliphatic carbocycles. The standard InChI is InChI=1S/C31H32F4N2O7/c1-2-3-14-42-29(40)26(22-16-23(32)18-24(17-22)44-31(33,34)35)37-28(39)27(38)25(15-20-10-6-4-7-11-20)36-30(41)43-19-21-12-8-5-9-13-21/h4-13,16-18,25-27,38H,2-3,14-15,19H2,1H3,(H,36,41)(H,37,39)/t25-,26+,27+/m1/s1. The predicted molar refractivity (Wildman–Crippen MR) is 150 cm³/mol. The van der Waals surface area contributed by atoms with Gasteiger partial charge in [0.2, 0.25) is 0 Å². The summed E-state index contributed by atoms with van der Waals surface area (Å²) in [4.78, 5) is 38.9. The molecule has 0 spiro atoms. The number of carbonyl (C=O) groups is 3. The van der Waals surface area contributed by atoms with Crippen LogP contribution in [0.25, 0.3) is 0 Å². The Balaban J connectivity index is 1.84. The number of hydrogen-bond donors (Lipinski definition) is 3. The predicted octanol–water partition coefficient (Wildman–Crippen LogP) is 5.12. The fourth-order valence-corrected chi connectivity index (χ4v) is 4.06. The number of alkyl carbamates (subject to hydrolysis) is 1. The van der Waals surface area contributed by atoms with E-state index in [1.54, 1.807) is 60.7 Å². The van der Waals surface area contributed by atoms with Gasteiger partial charge in [-0.05, 0) is 41.7 Å². The number of nitrogens with one attached hydrogen (secondary N) is 2. The molecule has 0 saturated carbocycles. The molecule has 0 heterocycles. The van der Waals surface area contributed by atoms with Gasteiger partial charge in [-0.3, -0.25) is 4.79 Å². The lowest BCUT2D eigenvalue weighted by atomic mass is 9.99. The molecular formula is C31H32F4N2O7. The van der Waals surface area contributed by atoms with E-state index in [1.807, 2.05) is 6.92 Å². The summed E-state index contributed by atoms with van der Waals surface area (Å²) in [5.41, 5.74) is 0.886. The van der Waals surface area contributed by atoms with Gasteiger partial charge < -0.3 is 30.0 Å². The third-order valence-corrected chi connectivity index (χ3v) is 6.19. The SMILES string of the molecule is CCCCOC(=O)[C@@H](NC(=O)[C@@H](O)[C@@H](Cc1ccccc1)NC(=O)OCc1ccccc1)c1cc(F)cc(OC(F)(F)F)c1. The number of alkyl halides is 3. The van der Waals surface area contributed by atoms with E-state index >= 15 is 0 Å². The molecule has 3 atom stereocenters. The molecular weight excluding hydrogens is 588 g/mol. The zero-order chi connectivity index (χ0) is 32.1. The number of ether oxygens (including phenoxy) is 3. The molecule has 236 valence electrons. The summed E-state index contributed by atoms with van der Waals surface area (Å²) in [6, 6.07) is 16.1. The molecule has 0 aromatic heterocycles. The zero-order valence-electron chi connectivity index (χ0n) is 23.7. The van der Waals surface area contributed by atoms with Crippen LogP contribution in [-0.4, -0.2) is 48.2 Å². The summed E-state index contributed by atoms with van der Waals surface area (Å²) < 4.78 is 66.9. The monoisotopic (exact) mass is 620 g/mol. The first-order valence-corrected chi connectivity index (χ1v) is 13.7. The molecule has 3 aromatic rings. The average molecular weight is 621 g/mol. The molecule has 0 saturated heterocycles. The van der Waals surface area contributed by atoms with Crippen LogP contribution < -0.4 is 15.4 Å². The lowest BCUT2D eigenvalue weighted by molar-refractivity contribution is -0.274. The second-order valence-electron chi connectivity index (χ2n) is 9.68. The van der Waals surface area contributed by atoms with Crippen molar-refractivity contribution in [3.8, 4) is 5.75 Å².